The largest absolute Gasteiger partial charge is 0.368 e. The average Bonchev–Trinajstić information content (AvgIpc) is 3.43. The molecule has 2 heterocycles. The fraction of sp³-hybridized carbons (Fsp3) is 0.350. The van der Waals surface area contributed by atoms with E-state index in [0.29, 0.717) is 35.0 Å². The van der Waals surface area contributed by atoms with E-state index in [9.17, 15) is 12.8 Å². The summed E-state index contributed by atoms with van der Waals surface area (Å²) in [7, 11) is -3.41. The molecular formula is C20H21ClFN5O2S. The Hall–Kier alpha value is -2.52. The lowest BCUT2D eigenvalue weighted by Gasteiger charge is -2.11. The molecule has 30 heavy (non-hydrogen) atoms. The molecular weight excluding hydrogens is 429 g/mol. The van der Waals surface area contributed by atoms with Gasteiger partial charge < -0.3 is 10.7 Å². The van der Waals surface area contributed by atoms with Gasteiger partial charge in [-0.05, 0) is 43.0 Å². The van der Waals surface area contributed by atoms with Crippen molar-refractivity contribution in [3.63, 3.8) is 0 Å². The average molecular weight is 450 g/mol. The third kappa shape index (κ3) is 4.32. The van der Waals surface area contributed by atoms with Crippen molar-refractivity contribution in [2.45, 2.75) is 37.9 Å². The molecule has 0 atom stereocenters. The number of nitrogens with zero attached hydrogens (tertiary/aromatic N) is 3. The molecule has 158 valence electrons. The van der Waals surface area contributed by atoms with Gasteiger partial charge in [0.15, 0.2) is 9.84 Å². The van der Waals surface area contributed by atoms with E-state index in [2.05, 4.69) is 19.9 Å². The van der Waals surface area contributed by atoms with E-state index in [1.165, 1.54) is 12.3 Å². The number of H-pyrrole nitrogens is 1. The molecule has 1 saturated carbocycles. The fourth-order valence-corrected chi connectivity index (χ4v) is 5.19. The topological polar surface area (TPSA) is 115 Å². The molecule has 7 nitrogen and oxygen atoms in total. The lowest BCUT2D eigenvalue weighted by Crippen LogP contribution is -2.09. The number of benzene rings is 1. The Kier molecular flexibility index (Phi) is 5.50. The number of nitrogens with two attached hydrogens (primary N) is 1. The van der Waals surface area contributed by atoms with Gasteiger partial charge in [0.1, 0.15) is 11.6 Å². The first-order chi connectivity index (χ1) is 14.3. The molecule has 0 bridgehead atoms. The first-order valence-corrected chi connectivity index (χ1v) is 11.8. The number of sulfone groups is 1. The van der Waals surface area contributed by atoms with Gasteiger partial charge in [-0.2, -0.15) is 0 Å². The van der Waals surface area contributed by atoms with Crippen molar-refractivity contribution < 1.29 is 12.8 Å². The Morgan fingerprint density at radius 2 is 2.07 bits per heavy atom. The highest BCUT2D eigenvalue weighted by Gasteiger charge is 2.30. The van der Waals surface area contributed by atoms with Crippen molar-refractivity contribution >= 4 is 27.4 Å². The van der Waals surface area contributed by atoms with Gasteiger partial charge in [0.25, 0.3) is 0 Å². The lowest BCUT2D eigenvalue weighted by molar-refractivity contribution is 0.593. The minimum atomic E-state index is -3.41. The van der Waals surface area contributed by atoms with Crippen LogP contribution in [0.2, 0.25) is 5.02 Å². The van der Waals surface area contributed by atoms with Crippen molar-refractivity contribution in [1.29, 1.82) is 0 Å². The maximum Gasteiger partial charge on any atom is 0.220 e. The fourth-order valence-electron chi connectivity index (χ4n) is 3.38. The molecule has 0 saturated heterocycles. The quantitative estimate of drug-likeness (QED) is 0.560. The molecule has 1 aliphatic carbocycles. The van der Waals surface area contributed by atoms with E-state index in [4.69, 9.17) is 17.3 Å². The summed E-state index contributed by atoms with van der Waals surface area (Å²) in [4.78, 5) is 16.1. The van der Waals surface area contributed by atoms with Crippen LogP contribution in [0.3, 0.4) is 0 Å². The van der Waals surface area contributed by atoms with Gasteiger partial charge in [-0.15, -0.1) is 0 Å². The van der Waals surface area contributed by atoms with Gasteiger partial charge in [-0.3, -0.25) is 0 Å². The molecule has 3 N–H and O–H groups in total. The van der Waals surface area contributed by atoms with Crippen molar-refractivity contribution in [3.05, 3.63) is 46.6 Å². The second-order valence-electron chi connectivity index (χ2n) is 7.44. The van der Waals surface area contributed by atoms with Crippen LogP contribution in [0.15, 0.2) is 24.4 Å². The van der Waals surface area contributed by atoms with E-state index in [1.54, 1.807) is 13.0 Å². The molecule has 2 aromatic heterocycles. The van der Waals surface area contributed by atoms with Crippen LogP contribution < -0.4 is 5.73 Å². The van der Waals surface area contributed by atoms with Crippen LogP contribution in [0.4, 0.5) is 10.3 Å². The summed E-state index contributed by atoms with van der Waals surface area (Å²) >= 11 is 6.57. The number of aromatic nitrogens is 4. The molecule has 1 aromatic carbocycles. The molecule has 1 fully saturated rings. The monoisotopic (exact) mass is 449 g/mol. The van der Waals surface area contributed by atoms with Crippen LogP contribution in [0.25, 0.3) is 22.6 Å². The SMILES string of the molecule is CCCS(=O)(=O)Cc1cc(F)cc(-c2nc(C3CC3)[nH]c2-c2ccnc(N)n2)c1Cl. The molecule has 0 unspecified atom stereocenters. The second-order valence-corrected chi connectivity index (χ2v) is 10.0. The number of nitrogens with one attached hydrogen (secondary N) is 1. The summed E-state index contributed by atoms with van der Waals surface area (Å²) in [6, 6.07) is 4.10. The molecule has 4 rings (SSSR count). The highest BCUT2D eigenvalue weighted by molar-refractivity contribution is 7.90. The van der Waals surface area contributed by atoms with Gasteiger partial charge in [-0.1, -0.05) is 18.5 Å². The minimum absolute atomic E-state index is 0.00880. The smallest absolute Gasteiger partial charge is 0.220 e. The summed E-state index contributed by atoms with van der Waals surface area (Å²) in [5.74, 6) is 0.249. The third-order valence-corrected chi connectivity index (χ3v) is 7.10. The number of hydrogen-bond acceptors (Lipinski definition) is 6. The zero-order valence-corrected chi connectivity index (χ0v) is 17.9. The van der Waals surface area contributed by atoms with E-state index < -0.39 is 15.7 Å². The molecule has 1 aliphatic rings. The van der Waals surface area contributed by atoms with E-state index in [0.717, 1.165) is 24.7 Å². The summed E-state index contributed by atoms with van der Waals surface area (Å²) in [6.07, 6.45) is 4.02. The Balaban J connectivity index is 1.86. The number of aromatic amines is 1. The summed E-state index contributed by atoms with van der Waals surface area (Å²) < 4.78 is 39.1. The maximum atomic E-state index is 14.5. The number of nitrogen functional groups attached to an aromatic ring is 1. The normalized spacial score (nSPS) is 14.2. The molecule has 0 amide bonds. The van der Waals surface area contributed by atoms with Crippen LogP contribution in [-0.4, -0.2) is 34.1 Å². The predicted octanol–water partition coefficient (Wildman–Crippen LogP) is 4.11. The maximum absolute atomic E-state index is 14.5. The predicted molar refractivity (Wildman–Crippen MR) is 114 cm³/mol. The molecule has 0 aliphatic heterocycles. The van der Waals surface area contributed by atoms with Crippen LogP contribution >= 0.6 is 11.6 Å². The highest BCUT2D eigenvalue weighted by Crippen LogP contribution is 2.43. The highest BCUT2D eigenvalue weighted by atomic mass is 35.5. The van der Waals surface area contributed by atoms with Crippen LogP contribution in [0, 0.1) is 5.82 Å². The number of hydrogen-bond donors (Lipinski definition) is 2. The first kappa shape index (κ1) is 20.7. The lowest BCUT2D eigenvalue weighted by atomic mass is 10.1. The number of imidazole rings is 1. The summed E-state index contributed by atoms with van der Waals surface area (Å²) in [5.41, 5.74) is 7.71. The van der Waals surface area contributed by atoms with Crippen molar-refractivity contribution in [1.82, 2.24) is 19.9 Å². The minimum Gasteiger partial charge on any atom is -0.368 e. The zero-order valence-electron chi connectivity index (χ0n) is 16.3. The van der Waals surface area contributed by atoms with Crippen LogP contribution in [0.5, 0.6) is 0 Å². The van der Waals surface area contributed by atoms with E-state index >= 15 is 0 Å². The molecule has 3 aromatic rings. The van der Waals surface area contributed by atoms with Gasteiger partial charge in [0.05, 0.1) is 33.6 Å². The molecule has 10 heteroatoms. The van der Waals surface area contributed by atoms with Gasteiger partial charge >= 0.3 is 0 Å². The van der Waals surface area contributed by atoms with E-state index in [1.807, 2.05) is 0 Å². The number of halogens is 2. The number of anilines is 1. The van der Waals surface area contributed by atoms with Crippen LogP contribution in [-0.2, 0) is 15.6 Å². The Bertz CT molecular complexity index is 1210. The van der Waals surface area contributed by atoms with Crippen molar-refractivity contribution in [2.75, 3.05) is 11.5 Å². The Morgan fingerprint density at radius 3 is 2.73 bits per heavy atom. The first-order valence-electron chi connectivity index (χ1n) is 9.65. The zero-order chi connectivity index (χ0) is 21.5. The van der Waals surface area contributed by atoms with Gasteiger partial charge in [-0.25, -0.2) is 27.8 Å². The van der Waals surface area contributed by atoms with Gasteiger partial charge in [0.2, 0.25) is 5.95 Å². The second kappa shape index (κ2) is 7.96. The summed E-state index contributed by atoms with van der Waals surface area (Å²) in [5, 5.41) is 0.160. The standard InChI is InChI=1S/C20H21ClFN5O2S/c1-2-7-30(28,29)10-12-8-13(22)9-14(16(12)21)17-18(15-5-6-24-20(23)25-15)27-19(26-17)11-3-4-11/h5-6,8-9,11H,2-4,7,10H2,1H3,(H,26,27)(H2,23,24,25). The molecule has 0 spiro atoms. The van der Waals surface area contributed by atoms with Crippen LogP contribution in [0.1, 0.15) is 43.5 Å². The number of rotatable bonds is 7. The summed E-state index contributed by atoms with van der Waals surface area (Å²) in [6.45, 7) is 1.78. The Labute approximate surface area is 178 Å². The van der Waals surface area contributed by atoms with E-state index in [-0.39, 0.29) is 28.0 Å². The third-order valence-electron chi connectivity index (χ3n) is 4.87. The van der Waals surface area contributed by atoms with Gasteiger partial charge in [0, 0.05) is 17.7 Å². The van der Waals surface area contributed by atoms with Crippen molar-refractivity contribution in [3.8, 4) is 22.6 Å². The van der Waals surface area contributed by atoms with Crippen molar-refractivity contribution in [2.24, 2.45) is 0 Å². The Morgan fingerprint density at radius 1 is 1.30 bits per heavy atom. The molecule has 0 radical (unpaired) electrons.